The molecule has 0 aliphatic carbocycles. The van der Waals surface area contributed by atoms with E-state index in [-0.39, 0.29) is 23.1 Å². The van der Waals surface area contributed by atoms with Crippen LogP contribution in [0.1, 0.15) is 23.0 Å². The largest absolute Gasteiger partial charge is 0.405 e. The van der Waals surface area contributed by atoms with Gasteiger partial charge in [0.25, 0.3) is 5.91 Å². The van der Waals surface area contributed by atoms with Gasteiger partial charge in [0.05, 0.1) is 30.2 Å². The van der Waals surface area contributed by atoms with Gasteiger partial charge >= 0.3 is 6.18 Å². The number of carbonyl (C=O) groups is 1. The summed E-state index contributed by atoms with van der Waals surface area (Å²) in [5.74, 6) is -0.550. The Morgan fingerprint density at radius 2 is 2.08 bits per heavy atom. The Morgan fingerprint density at radius 3 is 2.76 bits per heavy atom. The van der Waals surface area contributed by atoms with Gasteiger partial charge in [-0.15, -0.1) is 5.10 Å². The summed E-state index contributed by atoms with van der Waals surface area (Å²) >= 11 is 0. The topological polar surface area (TPSA) is 81.1 Å². The number of alkyl halides is 3. The normalized spacial score (nSPS) is 17.5. The lowest BCUT2D eigenvalue weighted by atomic mass is 10.2. The van der Waals surface area contributed by atoms with Gasteiger partial charge in [-0.3, -0.25) is 4.79 Å². The first-order valence-electron chi connectivity index (χ1n) is 7.63. The van der Waals surface area contributed by atoms with E-state index in [2.05, 4.69) is 20.9 Å². The molecule has 0 unspecified atom stereocenters. The van der Waals surface area contributed by atoms with Crippen LogP contribution in [0.4, 0.5) is 24.5 Å². The SMILES string of the molecule is O=C(Nc1ccccc1NCC(F)(F)F)c1cn([C@@H]2CCOC2)nn1. The molecule has 2 heterocycles. The summed E-state index contributed by atoms with van der Waals surface area (Å²) in [5, 5.41) is 12.5. The number of rotatable bonds is 5. The highest BCUT2D eigenvalue weighted by Gasteiger charge is 2.27. The first-order chi connectivity index (χ1) is 11.9. The summed E-state index contributed by atoms with van der Waals surface area (Å²) in [6.07, 6.45) is -2.07. The van der Waals surface area contributed by atoms with Gasteiger partial charge < -0.3 is 15.4 Å². The molecule has 10 heteroatoms. The molecule has 0 saturated carbocycles. The lowest BCUT2D eigenvalue weighted by molar-refractivity contribution is -0.115. The molecular formula is C15H16F3N5O2. The number of para-hydroxylation sites is 2. The molecule has 2 N–H and O–H groups in total. The highest BCUT2D eigenvalue weighted by atomic mass is 19.4. The Balaban J connectivity index is 1.68. The van der Waals surface area contributed by atoms with Crippen molar-refractivity contribution < 1.29 is 22.7 Å². The zero-order chi connectivity index (χ0) is 17.9. The molecule has 2 aromatic rings. The number of carbonyl (C=O) groups excluding carboxylic acids is 1. The summed E-state index contributed by atoms with van der Waals surface area (Å²) in [6, 6.07) is 6.18. The third kappa shape index (κ3) is 4.47. The number of benzene rings is 1. The monoisotopic (exact) mass is 355 g/mol. The van der Waals surface area contributed by atoms with Gasteiger partial charge in [0.15, 0.2) is 5.69 Å². The van der Waals surface area contributed by atoms with E-state index >= 15 is 0 Å². The zero-order valence-electron chi connectivity index (χ0n) is 13.1. The van der Waals surface area contributed by atoms with Crippen molar-refractivity contribution >= 4 is 17.3 Å². The van der Waals surface area contributed by atoms with E-state index in [9.17, 15) is 18.0 Å². The standard InChI is InChI=1S/C15H16F3N5O2/c16-15(17,18)9-19-11-3-1-2-4-12(11)20-14(24)13-7-23(22-21-13)10-5-6-25-8-10/h1-4,7,10,19H,5-6,8-9H2,(H,20,24)/t10-/m1/s1. The van der Waals surface area contributed by atoms with Gasteiger partial charge in [-0.05, 0) is 18.6 Å². The lowest BCUT2D eigenvalue weighted by Gasteiger charge is -2.13. The molecule has 0 bridgehead atoms. The molecular weight excluding hydrogens is 339 g/mol. The summed E-state index contributed by atoms with van der Waals surface area (Å²) in [4.78, 5) is 12.3. The van der Waals surface area contributed by atoms with Gasteiger partial charge in [0, 0.05) is 6.61 Å². The minimum atomic E-state index is -4.36. The number of aromatic nitrogens is 3. The number of amides is 1. The Labute approximate surface area is 141 Å². The Morgan fingerprint density at radius 1 is 1.32 bits per heavy atom. The van der Waals surface area contributed by atoms with Crippen molar-refractivity contribution in [3.8, 4) is 0 Å². The number of nitrogens with zero attached hydrogens (tertiary/aromatic N) is 3. The van der Waals surface area contributed by atoms with Gasteiger partial charge in [0.2, 0.25) is 0 Å². The van der Waals surface area contributed by atoms with Gasteiger partial charge in [0.1, 0.15) is 6.54 Å². The van der Waals surface area contributed by atoms with E-state index in [1.54, 1.807) is 16.8 Å². The van der Waals surface area contributed by atoms with Gasteiger partial charge in [-0.1, -0.05) is 17.3 Å². The molecule has 1 atom stereocenters. The van der Waals surface area contributed by atoms with Crippen molar-refractivity contribution in [3.63, 3.8) is 0 Å². The second-order valence-corrected chi connectivity index (χ2v) is 5.57. The fourth-order valence-corrected chi connectivity index (χ4v) is 2.42. The van der Waals surface area contributed by atoms with Crippen molar-refractivity contribution in [2.75, 3.05) is 30.4 Å². The van der Waals surface area contributed by atoms with Gasteiger partial charge in [-0.25, -0.2) is 4.68 Å². The number of hydrogen-bond acceptors (Lipinski definition) is 5. The molecule has 1 aliphatic heterocycles. The van der Waals surface area contributed by atoms with Crippen LogP contribution in [0.15, 0.2) is 30.5 Å². The van der Waals surface area contributed by atoms with Crippen LogP contribution >= 0.6 is 0 Å². The Bertz CT molecular complexity index is 741. The molecule has 7 nitrogen and oxygen atoms in total. The molecule has 1 amide bonds. The second kappa shape index (κ2) is 7.09. The second-order valence-electron chi connectivity index (χ2n) is 5.57. The van der Waals surface area contributed by atoms with Crippen molar-refractivity contribution in [2.24, 2.45) is 0 Å². The van der Waals surface area contributed by atoms with E-state index in [0.29, 0.717) is 13.2 Å². The maximum atomic E-state index is 12.4. The highest BCUT2D eigenvalue weighted by Crippen LogP contribution is 2.24. The van der Waals surface area contributed by atoms with Crippen molar-refractivity contribution in [1.29, 1.82) is 0 Å². The van der Waals surface area contributed by atoms with Crippen LogP contribution in [0.5, 0.6) is 0 Å². The molecule has 0 radical (unpaired) electrons. The van der Waals surface area contributed by atoms with Crippen molar-refractivity contribution in [1.82, 2.24) is 15.0 Å². The van der Waals surface area contributed by atoms with E-state index in [4.69, 9.17) is 4.74 Å². The van der Waals surface area contributed by atoms with Crippen LogP contribution in [0, 0.1) is 0 Å². The Kier molecular flexibility index (Phi) is 4.88. The predicted octanol–water partition coefficient (Wildman–Crippen LogP) is 2.47. The first-order valence-corrected chi connectivity index (χ1v) is 7.63. The number of ether oxygens (including phenoxy) is 1. The molecule has 1 aromatic heterocycles. The third-order valence-corrected chi connectivity index (χ3v) is 3.68. The summed E-state index contributed by atoms with van der Waals surface area (Å²) in [6.45, 7) is -0.0589. The maximum absolute atomic E-state index is 12.4. The highest BCUT2D eigenvalue weighted by molar-refractivity contribution is 6.04. The molecule has 3 rings (SSSR count). The van der Waals surface area contributed by atoms with Crippen LogP contribution in [0.2, 0.25) is 0 Å². The van der Waals surface area contributed by atoms with Crippen LogP contribution in [0.3, 0.4) is 0 Å². The summed E-state index contributed by atoms with van der Waals surface area (Å²) in [5.41, 5.74) is 0.484. The zero-order valence-corrected chi connectivity index (χ0v) is 13.1. The number of halogens is 3. The molecule has 0 spiro atoms. The molecule has 1 saturated heterocycles. The predicted molar refractivity (Wildman–Crippen MR) is 83.4 cm³/mol. The fraction of sp³-hybridized carbons (Fsp3) is 0.400. The quantitative estimate of drug-likeness (QED) is 0.861. The molecule has 134 valence electrons. The summed E-state index contributed by atoms with van der Waals surface area (Å²) in [7, 11) is 0. The summed E-state index contributed by atoms with van der Waals surface area (Å²) < 4.78 is 43.9. The van der Waals surface area contributed by atoms with Crippen LogP contribution in [-0.2, 0) is 4.74 Å². The smallest absolute Gasteiger partial charge is 0.379 e. The van der Waals surface area contributed by atoms with E-state index in [0.717, 1.165) is 6.42 Å². The van der Waals surface area contributed by atoms with E-state index < -0.39 is 18.6 Å². The van der Waals surface area contributed by atoms with E-state index in [1.165, 1.54) is 18.3 Å². The van der Waals surface area contributed by atoms with Crippen LogP contribution < -0.4 is 10.6 Å². The van der Waals surface area contributed by atoms with E-state index in [1.807, 2.05) is 0 Å². The fourth-order valence-electron chi connectivity index (χ4n) is 2.42. The molecule has 1 aromatic carbocycles. The lowest BCUT2D eigenvalue weighted by Crippen LogP contribution is -2.22. The van der Waals surface area contributed by atoms with Crippen molar-refractivity contribution in [2.45, 2.75) is 18.6 Å². The minimum absolute atomic E-state index is 0.0368. The minimum Gasteiger partial charge on any atom is -0.379 e. The number of nitrogens with one attached hydrogen (secondary N) is 2. The average Bonchev–Trinajstić information content (AvgIpc) is 3.24. The Hall–Kier alpha value is -2.62. The first kappa shape index (κ1) is 17.2. The molecule has 25 heavy (non-hydrogen) atoms. The molecule has 1 fully saturated rings. The van der Waals surface area contributed by atoms with Crippen LogP contribution in [-0.4, -0.2) is 46.8 Å². The molecule has 1 aliphatic rings. The number of anilines is 2. The maximum Gasteiger partial charge on any atom is 0.405 e. The van der Waals surface area contributed by atoms with Crippen molar-refractivity contribution in [3.05, 3.63) is 36.2 Å². The average molecular weight is 355 g/mol. The van der Waals surface area contributed by atoms with Gasteiger partial charge in [-0.2, -0.15) is 13.2 Å². The third-order valence-electron chi connectivity index (χ3n) is 3.68. The number of hydrogen-bond donors (Lipinski definition) is 2. The van der Waals surface area contributed by atoms with Crippen LogP contribution in [0.25, 0.3) is 0 Å².